The molecule has 0 fully saturated rings. The summed E-state index contributed by atoms with van der Waals surface area (Å²) in [7, 11) is -1.84. The Kier molecular flexibility index (Phi) is 3.29. The monoisotopic (exact) mass is 220 g/mol. The fourth-order valence-electron chi connectivity index (χ4n) is 0.814. The molecule has 0 saturated carbocycles. The van der Waals surface area contributed by atoms with Crippen LogP contribution >= 0.6 is 0 Å². The van der Waals surface area contributed by atoms with Crippen molar-refractivity contribution >= 4 is 16.8 Å². The zero-order valence-electron chi connectivity index (χ0n) is 6.87. The second-order valence-corrected chi connectivity index (χ2v) is 3.91. The lowest BCUT2D eigenvalue weighted by Crippen LogP contribution is -2.09. The highest BCUT2D eigenvalue weighted by Gasteiger charge is 2.11. The molecule has 1 aromatic carbocycles. The van der Waals surface area contributed by atoms with E-state index in [0.717, 1.165) is 18.2 Å². The summed E-state index contributed by atoms with van der Waals surface area (Å²) in [4.78, 5) is 10.1. The van der Waals surface area contributed by atoms with E-state index in [1.165, 1.54) is 0 Å². The lowest BCUT2D eigenvalue weighted by Gasteiger charge is -1.99. The van der Waals surface area contributed by atoms with Gasteiger partial charge in [0.2, 0.25) is 0 Å². The minimum Gasteiger partial charge on any atom is -0.481 e. The molecule has 0 aromatic heterocycles. The summed E-state index contributed by atoms with van der Waals surface area (Å²) in [5, 5.41) is 8.31. The summed E-state index contributed by atoms with van der Waals surface area (Å²) in [5.74, 6) is -4.07. The van der Waals surface area contributed by atoms with Gasteiger partial charge in [0.25, 0.3) is 0 Å². The van der Waals surface area contributed by atoms with Crippen molar-refractivity contribution in [2.45, 2.75) is 4.90 Å². The molecule has 0 aliphatic carbocycles. The number of carboxylic acids is 1. The molecule has 6 heteroatoms. The molecule has 3 nitrogen and oxygen atoms in total. The van der Waals surface area contributed by atoms with E-state index in [-0.39, 0.29) is 4.90 Å². The summed E-state index contributed by atoms with van der Waals surface area (Å²) in [6, 6.07) is 2.64. The van der Waals surface area contributed by atoms with E-state index in [1.54, 1.807) is 0 Å². The third-order valence-electron chi connectivity index (χ3n) is 1.41. The van der Waals surface area contributed by atoms with Gasteiger partial charge in [0.15, 0.2) is 11.6 Å². The molecule has 0 aliphatic rings. The molecule has 0 amide bonds. The van der Waals surface area contributed by atoms with E-state index in [2.05, 4.69) is 0 Å². The SMILES string of the molecule is O=C(O)CS(=O)c1ccc(F)c(F)c1. The van der Waals surface area contributed by atoms with Crippen molar-refractivity contribution < 1.29 is 22.9 Å². The third kappa shape index (κ3) is 2.59. The van der Waals surface area contributed by atoms with Crippen molar-refractivity contribution in [1.82, 2.24) is 0 Å². The lowest BCUT2D eigenvalue weighted by molar-refractivity contribution is -0.133. The summed E-state index contributed by atoms with van der Waals surface area (Å²) in [5.41, 5.74) is 0. The molecular formula is C8H6F2O3S. The number of hydrogen-bond donors (Lipinski definition) is 1. The van der Waals surface area contributed by atoms with Gasteiger partial charge in [0.1, 0.15) is 5.75 Å². The highest BCUT2D eigenvalue weighted by Crippen LogP contribution is 2.12. The molecule has 0 spiro atoms. The van der Waals surface area contributed by atoms with E-state index >= 15 is 0 Å². The van der Waals surface area contributed by atoms with Crippen LogP contribution in [-0.4, -0.2) is 21.0 Å². The van der Waals surface area contributed by atoms with Crippen LogP contribution in [0.3, 0.4) is 0 Å². The first-order valence-electron chi connectivity index (χ1n) is 3.56. The van der Waals surface area contributed by atoms with Gasteiger partial charge in [-0.1, -0.05) is 0 Å². The smallest absolute Gasteiger partial charge is 0.316 e. The van der Waals surface area contributed by atoms with Gasteiger partial charge in [-0.05, 0) is 18.2 Å². The summed E-state index contributed by atoms with van der Waals surface area (Å²) >= 11 is 0. The van der Waals surface area contributed by atoms with Crippen LogP contribution in [0.2, 0.25) is 0 Å². The Morgan fingerprint density at radius 2 is 2.00 bits per heavy atom. The molecule has 1 aromatic rings. The average Bonchev–Trinajstić information content (AvgIpc) is 2.08. The minimum atomic E-state index is -1.84. The first kappa shape index (κ1) is 10.8. The molecular weight excluding hydrogens is 214 g/mol. The zero-order chi connectivity index (χ0) is 10.7. The van der Waals surface area contributed by atoms with Crippen LogP contribution in [0, 0.1) is 11.6 Å². The van der Waals surface area contributed by atoms with E-state index in [4.69, 9.17) is 5.11 Å². The molecule has 1 atom stereocenters. The highest BCUT2D eigenvalue weighted by molar-refractivity contribution is 7.85. The summed E-state index contributed by atoms with van der Waals surface area (Å²) in [6.45, 7) is 0. The number of rotatable bonds is 3. The molecule has 1 rings (SSSR count). The van der Waals surface area contributed by atoms with Crippen molar-refractivity contribution in [3.05, 3.63) is 29.8 Å². The van der Waals surface area contributed by atoms with Gasteiger partial charge in [-0.2, -0.15) is 0 Å². The number of aliphatic carboxylic acids is 1. The Balaban J connectivity index is 2.91. The average molecular weight is 220 g/mol. The van der Waals surface area contributed by atoms with Crippen molar-refractivity contribution in [2.75, 3.05) is 5.75 Å². The molecule has 0 aliphatic heterocycles. The van der Waals surface area contributed by atoms with Crippen molar-refractivity contribution in [3.63, 3.8) is 0 Å². The quantitative estimate of drug-likeness (QED) is 0.831. The first-order chi connectivity index (χ1) is 6.50. The van der Waals surface area contributed by atoms with Gasteiger partial charge >= 0.3 is 5.97 Å². The first-order valence-corrected chi connectivity index (χ1v) is 4.88. The Labute approximate surface area is 80.8 Å². The molecule has 0 saturated heterocycles. The van der Waals surface area contributed by atoms with E-state index in [0.29, 0.717) is 0 Å². The number of carbonyl (C=O) groups is 1. The van der Waals surface area contributed by atoms with Crippen molar-refractivity contribution in [2.24, 2.45) is 0 Å². The predicted octanol–water partition coefficient (Wildman–Crippen LogP) is 1.16. The largest absolute Gasteiger partial charge is 0.481 e. The fraction of sp³-hybridized carbons (Fsp3) is 0.125. The second-order valence-electron chi connectivity index (χ2n) is 2.46. The van der Waals surface area contributed by atoms with E-state index in [9.17, 15) is 17.8 Å². The summed E-state index contributed by atoms with van der Waals surface area (Å²) < 4.78 is 36.2. The number of halogens is 2. The van der Waals surface area contributed by atoms with Crippen LogP contribution in [0.4, 0.5) is 8.78 Å². The van der Waals surface area contributed by atoms with Crippen molar-refractivity contribution in [3.8, 4) is 0 Å². The molecule has 1 N–H and O–H groups in total. The fourth-order valence-corrected chi connectivity index (χ4v) is 1.66. The van der Waals surface area contributed by atoms with Crippen LogP contribution in [-0.2, 0) is 15.6 Å². The van der Waals surface area contributed by atoms with E-state index in [1.807, 2.05) is 0 Å². The van der Waals surface area contributed by atoms with Crippen LogP contribution in [0.1, 0.15) is 0 Å². The van der Waals surface area contributed by atoms with Crippen LogP contribution in [0.15, 0.2) is 23.1 Å². The van der Waals surface area contributed by atoms with Gasteiger partial charge in [-0.3, -0.25) is 9.00 Å². The lowest BCUT2D eigenvalue weighted by atomic mass is 10.3. The molecule has 0 radical (unpaired) electrons. The van der Waals surface area contributed by atoms with Crippen LogP contribution in [0.5, 0.6) is 0 Å². The normalized spacial score (nSPS) is 12.4. The Morgan fingerprint density at radius 3 is 2.50 bits per heavy atom. The van der Waals surface area contributed by atoms with E-state index < -0.39 is 34.2 Å². The second kappa shape index (κ2) is 4.28. The van der Waals surface area contributed by atoms with Gasteiger partial charge < -0.3 is 5.11 Å². The summed E-state index contributed by atoms with van der Waals surface area (Å²) in [6.07, 6.45) is 0. The third-order valence-corrected chi connectivity index (χ3v) is 2.70. The van der Waals surface area contributed by atoms with Gasteiger partial charge in [-0.25, -0.2) is 8.78 Å². The predicted molar refractivity (Wildman–Crippen MR) is 45.3 cm³/mol. The molecule has 76 valence electrons. The molecule has 1 unspecified atom stereocenters. The van der Waals surface area contributed by atoms with Gasteiger partial charge in [0, 0.05) is 4.90 Å². The van der Waals surface area contributed by atoms with Crippen LogP contribution in [0.25, 0.3) is 0 Å². The Hall–Kier alpha value is -1.30. The zero-order valence-corrected chi connectivity index (χ0v) is 7.68. The number of benzene rings is 1. The maximum absolute atomic E-state index is 12.6. The maximum Gasteiger partial charge on any atom is 0.316 e. The Morgan fingerprint density at radius 1 is 1.36 bits per heavy atom. The number of carboxylic acid groups (broad SMARTS) is 1. The minimum absolute atomic E-state index is 0.0358. The standard InChI is InChI=1S/C8H6F2O3S/c9-6-2-1-5(3-7(6)10)14(13)4-8(11)12/h1-3H,4H2,(H,11,12). The topological polar surface area (TPSA) is 54.4 Å². The molecule has 14 heavy (non-hydrogen) atoms. The highest BCUT2D eigenvalue weighted by atomic mass is 32.2. The number of hydrogen-bond acceptors (Lipinski definition) is 2. The maximum atomic E-state index is 12.6. The van der Waals surface area contributed by atoms with Gasteiger partial charge in [-0.15, -0.1) is 0 Å². The Bertz CT molecular complexity index is 392. The molecule has 0 bridgehead atoms. The van der Waals surface area contributed by atoms with Crippen molar-refractivity contribution in [1.29, 1.82) is 0 Å². The van der Waals surface area contributed by atoms with Gasteiger partial charge in [0.05, 0.1) is 10.8 Å². The molecule has 0 heterocycles. The van der Waals surface area contributed by atoms with Crippen LogP contribution < -0.4 is 0 Å².